The molecule has 1 heterocycles. The summed E-state index contributed by atoms with van der Waals surface area (Å²) >= 11 is 0. The van der Waals surface area contributed by atoms with Crippen molar-refractivity contribution in [3.8, 4) is 47.4 Å². The Morgan fingerprint density at radius 3 is 1.75 bits per heavy atom. The summed E-state index contributed by atoms with van der Waals surface area (Å²) in [4.78, 5) is 4.49. The molecule has 0 radical (unpaired) electrons. The molecule has 0 aliphatic heterocycles. The van der Waals surface area contributed by atoms with E-state index in [-0.39, 0.29) is 28.1 Å². The van der Waals surface area contributed by atoms with Gasteiger partial charge in [-0.1, -0.05) is 12.1 Å². The van der Waals surface area contributed by atoms with Crippen LogP contribution in [0.5, 0.6) is 23.1 Å². The number of ether oxygens (including phenoxy) is 2. The van der Waals surface area contributed by atoms with Crippen molar-refractivity contribution >= 4 is 10.9 Å². The molecule has 4 aromatic rings. The molecule has 0 amide bonds. The number of hydrogen-bond acceptors (Lipinski definition) is 7. The maximum Gasteiger partial charge on any atom is 0.223 e. The molecule has 32 heavy (non-hydrogen) atoms. The number of pyridine rings is 1. The molecule has 0 spiro atoms. The van der Waals surface area contributed by atoms with E-state index >= 15 is 0 Å². The second-order valence-corrected chi connectivity index (χ2v) is 6.54. The Hall–Kier alpha value is -5.37. The first-order chi connectivity index (χ1) is 15.6. The lowest BCUT2D eigenvalue weighted by atomic mass is 10.1. The zero-order valence-corrected chi connectivity index (χ0v) is 16.4. The van der Waals surface area contributed by atoms with Crippen LogP contribution in [-0.4, -0.2) is 4.98 Å². The van der Waals surface area contributed by atoms with Gasteiger partial charge in [-0.3, -0.25) is 0 Å². The van der Waals surface area contributed by atoms with Crippen LogP contribution in [0.25, 0.3) is 10.9 Å². The minimum Gasteiger partial charge on any atom is -0.456 e. The van der Waals surface area contributed by atoms with Gasteiger partial charge in [0.15, 0.2) is 0 Å². The molecule has 0 aliphatic rings. The van der Waals surface area contributed by atoms with E-state index < -0.39 is 0 Å². The van der Waals surface area contributed by atoms with Crippen molar-refractivity contribution in [1.29, 1.82) is 21.0 Å². The summed E-state index contributed by atoms with van der Waals surface area (Å²) in [5, 5.41) is 37.4. The summed E-state index contributed by atoms with van der Waals surface area (Å²) in [5.41, 5.74) is 1.54. The number of benzene rings is 3. The summed E-state index contributed by atoms with van der Waals surface area (Å²) in [6.07, 6.45) is 0. The van der Waals surface area contributed by atoms with Gasteiger partial charge in [0.05, 0.1) is 27.8 Å². The Labute approximate surface area is 183 Å². The van der Waals surface area contributed by atoms with Crippen molar-refractivity contribution in [2.24, 2.45) is 0 Å². The van der Waals surface area contributed by atoms with E-state index in [1.807, 2.05) is 42.5 Å². The van der Waals surface area contributed by atoms with Crippen LogP contribution >= 0.6 is 0 Å². The fourth-order valence-corrected chi connectivity index (χ4v) is 3.06. The van der Waals surface area contributed by atoms with Crippen molar-refractivity contribution < 1.29 is 9.47 Å². The number of nitriles is 4. The minimum atomic E-state index is 0.198. The predicted octanol–water partition coefficient (Wildman–Crippen LogP) is 5.31. The van der Waals surface area contributed by atoms with Gasteiger partial charge in [-0.25, -0.2) is 4.98 Å². The number of fused-ring (bicyclic) bond motifs is 1. The molecular weight excluding hydrogens is 402 g/mol. The lowest BCUT2D eigenvalue weighted by molar-refractivity contribution is 0.451. The van der Waals surface area contributed by atoms with E-state index in [0.717, 1.165) is 5.39 Å². The third-order valence-corrected chi connectivity index (χ3v) is 4.57. The van der Waals surface area contributed by atoms with Gasteiger partial charge in [0, 0.05) is 11.5 Å². The Bertz CT molecular complexity index is 1530. The van der Waals surface area contributed by atoms with Gasteiger partial charge in [0.25, 0.3) is 0 Å². The monoisotopic (exact) mass is 413 g/mol. The molecule has 0 saturated heterocycles. The number of hydrogen-bond donors (Lipinski definition) is 0. The predicted molar refractivity (Wildman–Crippen MR) is 114 cm³/mol. The van der Waals surface area contributed by atoms with E-state index in [4.69, 9.17) is 20.0 Å². The van der Waals surface area contributed by atoms with Crippen molar-refractivity contribution in [2.75, 3.05) is 0 Å². The number of rotatable bonds is 4. The molecular formula is C25H11N5O2. The molecule has 0 atom stereocenters. The quantitative estimate of drug-likeness (QED) is 0.444. The van der Waals surface area contributed by atoms with Crippen LogP contribution in [0.2, 0.25) is 0 Å². The van der Waals surface area contributed by atoms with Crippen molar-refractivity contribution in [1.82, 2.24) is 4.98 Å². The SMILES string of the molecule is N#Cc1ccc(Oc2cc(Oc3ccc(C#N)c(C#N)c3)c3ccccc3n2)cc1C#N. The van der Waals surface area contributed by atoms with Crippen LogP contribution in [0.15, 0.2) is 66.7 Å². The largest absolute Gasteiger partial charge is 0.456 e. The van der Waals surface area contributed by atoms with Gasteiger partial charge in [0.1, 0.15) is 41.5 Å². The Morgan fingerprint density at radius 1 is 0.594 bits per heavy atom. The first kappa shape index (κ1) is 19.9. The normalized spacial score (nSPS) is 9.75. The molecule has 0 aliphatic carbocycles. The first-order valence-corrected chi connectivity index (χ1v) is 9.29. The number of para-hydroxylation sites is 1. The van der Waals surface area contributed by atoms with Gasteiger partial charge < -0.3 is 9.47 Å². The second kappa shape index (κ2) is 8.56. The molecule has 0 unspecified atom stereocenters. The van der Waals surface area contributed by atoms with Crippen molar-refractivity contribution in [3.63, 3.8) is 0 Å². The van der Waals surface area contributed by atoms with E-state index in [2.05, 4.69) is 4.98 Å². The average Bonchev–Trinajstić information content (AvgIpc) is 2.83. The van der Waals surface area contributed by atoms with Crippen LogP contribution < -0.4 is 9.47 Å². The summed E-state index contributed by atoms with van der Waals surface area (Å²) in [6.45, 7) is 0. The molecule has 0 fully saturated rings. The summed E-state index contributed by atoms with van der Waals surface area (Å²) in [5.74, 6) is 1.39. The summed E-state index contributed by atoms with van der Waals surface area (Å²) in [7, 11) is 0. The fraction of sp³-hybridized carbons (Fsp3) is 0. The standard InChI is InChI=1S/C25H11N5O2/c26-12-16-5-7-20(9-18(16)14-28)31-24-11-25(30-23-4-2-1-3-22(23)24)32-21-8-6-17(13-27)19(10-21)15-29/h1-11H. The molecule has 0 N–H and O–H groups in total. The third-order valence-electron chi connectivity index (χ3n) is 4.57. The minimum absolute atomic E-state index is 0.198. The van der Waals surface area contributed by atoms with Crippen LogP contribution in [0.1, 0.15) is 22.3 Å². The highest BCUT2D eigenvalue weighted by Crippen LogP contribution is 2.34. The van der Waals surface area contributed by atoms with Gasteiger partial charge in [-0.05, 0) is 48.5 Å². The zero-order chi connectivity index (χ0) is 22.5. The summed E-state index contributed by atoms with van der Waals surface area (Å²) < 4.78 is 11.9. The fourth-order valence-electron chi connectivity index (χ4n) is 3.06. The Morgan fingerprint density at radius 2 is 1.16 bits per heavy atom. The number of aromatic nitrogens is 1. The zero-order valence-electron chi connectivity index (χ0n) is 16.4. The maximum absolute atomic E-state index is 9.27. The molecule has 148 valence electrons. The Balaban J connectivity index is 1.75. The van der Waals surface area contributed by atoms with Crippen LogP contribution in [0, 0.1) is 45.3 Å². The molecule has 0 bridgehead atoms. The maximum atomic E-state index is 9.27. The topological polar surface area (TPSA) is 127 Å². The Kier molecular flexibility index (Phi) is 5.33. The summed E-state index contributed by atoms with van der Waals surface area (Å²) in [6, 6.07) is 26.0. The van der Waals surface area contributed by atoms with Gasteiger partial charge in [-0.15, -0.1) is 0 Å². The van der Waals surface area contributed by atoms with Gasteiger partial charge >= 0.3 is 0 Å². The third kappa shape index (κ3) is 3.87. The van der Waals surface area contributed by atoms with Crippen molar-refractivity contribution in [2.45, 2.75) is 0 Å². The second-order valence-electron chi connectivity index (χ2n) is 6.54. The first-order valence-electron chi connectivity index (χ1n) is 9.29. The van der Waals surface area contributed by atoms with Crippen LogP contribution in [0.4, 0.5) is 0 Å². The van der Waals surface area contributed by atoms with E-state index in [1.54, 1.807) is 24.3 Å². The molecule has 3 aromatic carbocycles. The van der Waals surface area contributed by atoms with E-state index in [1.165, 1.54) is 24.3 Å². The highest BCUT2D eigenvalue weighted by atomic mass is 16.5. The molecule has 1 aromatic heterocycles. The van der Waals surface area contributed by atoms with Gasteiger partial charge in [0.2, 0.25) is 5.88 Å². The molecule has 7 heteroatoms. The van der Waals surface area contributed by atoms with Gasteiger partial charge in [-0.2, -0.15) is 21.0 Å². The highest BCUT2D eigenvalue weighted by Gasteiger charge is 2.12. The van der Waals surface area contributed by atoms with Crippen molar-refractivity contribution in [3.05, 3.63) is 89.0 Å². The van der Waals surface area contributed by atoms with E-state index in [9.17, 15) is 10.5 Å². The highest BCUT2D eigenvalue weighted by molar-refractivity contribution is 5.86. The van der Waals surface area contributed by atoms with Crippen LogP contribution in [-0.2, 0) is 0 Å². The van der Waals surface area contributed by atoms with Crippen LogP contribution in [0.3, 0.4) is 0 Å². The molecule has 4 rings (SSSR count). The lowest BCUT2D eigenvalue weighted by Crippen LogP contribution is -1.94. The lowest BCUT2D eigenvalue weighted by Gasteiger charge is -2.12. The smallest absolute Gasteiger partial charge is 0.223 e. The average molecular weight is 413 g/mol. The molecule has 7 nitrogen and oxygen atoms in total. The number of nitrogens with zero attached hydrogens (tertiary/aromatic N) is 5. The molecule has 0 saturated carbocycles. The van der Waals surface area contributed by atoms with E-state index in [0.29, 0.717) is 22.8 Å².